The molecule has 1 nitrogen and oxygen atoms in total. The molecule has 0 heterocycles. The summed E-state index contributed by atoms with van der Waals surface area (Å²) in [5, 5.41) is 10.7. The number of unbranched alkanes of at least 4 members (excludes halogenated alkanes) is 1. The SMILES string of the molecule is [CH2]c1ccc(CCCC)cc1C[O]. The van der Waals surface area contributed by atoms with Crippen LogP contribution in [0.25, 0.3) is 0 Å². The van der Waals surface area contributed by atoms with Crippen molar-refractivity contribution in [2.45, 2.75) is 32.8 Å². The summed E-state index contributed by atoms with van der Waals surface area (Å²) in [6.45, 7) is 5.83. The number of hydrogen-bond donors (Lipinski definition) is 0. The Labute approximate surface area is 80.4 Å². The molecule has 13 heavy (non-hydrogen) atoms. The van der Waals surface area contributed by atoms with Crippen molar-refractivity contribution in [2.75, 3.05) is 0 Å². The van der Waals surface area contributed by atoms with E-state index in [2.05, 4.69) is 19.9 Å². The molecule has 0 bridgehead atoms. The Hall–Kier alpha value is -0.820. The molecule has 0 aromatic heterocycles. The van der Waals surface area contributed by atoms with Crippen LogP contribution in [0.5, 0.6) is 0 Å². The average molecular weight is 176 g/mol. The van der Waals surface area contributed by atoms with E-state index in [9.17, 15) is 5.11 Å². The lowest BCUT2D eigenvalue weighted by Crippen LogP contribution is -1.91. The smallest absolute Gasteiger partial charge is 0.108 e. The molecule has 0 aliphatic rings. The van der Waals surface area contributed by atoms with Gasteiger partial charge in [-0.1, -0.05) is 31.5 Å². The molecular formula is C12H16O. The summed E-state index contributed by atoms with van der Waals surface area (Å²) in [5.41, 5.74) is 2.98. The predicted octanol–water partition coefficient (Wildman–Crippen LogP) is 3.14. The maximum absolute atomic E-state index is 10.7. The molecule has 0 aliphatic heterocycles. The van der Waals surface area contributed by atoms with Gasteiger partial charge < -0.3 is 0 Å². The van der Waals surface area contributed by atoms with Gasteiger partial charge in [0.05, 0.1) is 0 Å². The molecule has 0 amide bonds. The molecule has 0 unspecified atom stereocenters. The Morgan fingerprint density at radius 1 is 1.38 bits per heavy atom. The van der Waals surface area contributed by atoms with Crippen LogP contribution in [0.2, 0.25) is 0 Å². The van der Waals surface area contributed by atoms with Crippen molar-refractivity contribution < 1.29 is 5.11 Å². The first-order chi connectivity index (χ1) is 6.27. The Bertz CT molecular complexity index is 266. The fraction of sp³-hybridized carbons (Fsp3) is 0.417. The highest BCUT2D eigenvalue weighted by Crippen LogP contribution is 2.13. The highest BCUT2D eigenvalue weighted by Gasteiger charge is 1.99. The molecule has 0 N–H and O–H groups in total. The zero-order valence-corrected chi connectivity index (χ0v) is 8.18. The standard InChI is InChI=1S/C12H16O/c1-3-4-5-11-7-6-10(2)12(8-11)9-13/h6-8H,2-5,9H2,1H3. The van der Waals surface area contributed by atoms with Gasteiger partial charge in [0.1, 0.15) is 6.61 Å². The van der Waals surface area contributed by atoms with Gasteiger partial charge >= 0.3 is 0 Å². The van der Waals surface area contributed by atoms with Crippen molar-refractivity contribution in [3.05, 3.63) is 41.8 Å². The number of aryl methyl sites for hydroxylation is 1. The Kier molecular flexibility index (Phi) is 3.97. The van der Waals surface area contributed by atoms with E-state index in [0.717, 1.165) is 17.5 Å². The van der Waals surface area contributed by atoms with Crippen LogP contribution in [0.4, 0.5) is 0 Å². The van der Waals surface area contributed by atoms with Crippen molar-refractivity contribution in [1.29, 1.82) is 0 Å². The highest BCUT2D eigenvalue weighted by atomic mass is 16.3. The van der Waals surface area contributed by atoms with E-state index in [4.69, 9.17) is 0 Å². The van der Waals surface area contributed by atoms with Crippen molar-refractivity contribution in [1.82, 2.24) is 0 Å². The molecule has 0 atom stereocenters. The van der Waals surface area contributed by atoms with Crippen LogP contribution < -0.4 is 0 Å². The van der Waals surface area contributed by atoms with Crippen LogP contribution in [-0.2, 0) is 18.1 Å². The highest BCUT2D eigenvalue weighted by molar-refractivity contribution is 5.33. The first-order valence-electron chi connectivity index (χ1n) is 4.79. The van der Waals surface area contributed by atoms with Crippen molar-refractivity contribution in [3.8, 4) is 0 Å². The third kappa shape index (κ3) is 2.85. The van der Waals surface area contributed by atoms with E-state index < -0.39 is 0 Å². The van der Waals surface area contributed by atoms with Gasteiger partial charge in [0.25, 0.3) is 0 Å². The molecule has 0 saturated heterocycles. The number of benzene rings is 1. The van der Waals surface area contributed by atoms with Gasteiger partial charge in [0, 0.05) is 0 Å². The minimum atomic E-state index is -0.154. The summed E-state index contributed by atoms with van der Waals surface area (Å²) in [6, 6.07) is 6.00. The lowest BCUT2D eigenvalue weighted by molar-refractivity contribution is 0.177. The van der Waals surface area contributed by atoms with Crippen molar-refractivity contribution in [3.63, 3.8) is 0 Å². The Morgan fingerprint density at radius 3 is 2.77 bits per heavy atom. The topological polar surface area (TPSA) is 19.9 Å². The fourth-order valence-electron chi connectivity index (χ4n) is 1.35. The number of hydrogen-bond acceptors (Lipinski definition) is 0. The van der Waals surface area contributed by atoms with E-state index in [1.54, 1.807) is 0 Å². The van der Waals surface area contributed by atoms with E-state index in [0.29, 0.717) is 0 Å². The molecule has 1 rings (SSSR count). The monoisotopic (exact) mass is 176 g/mol. The fourth-order valence-corrected chi connectivity index (χ4v) is 1.35. The second kappa shape index (κ2) is 5.03. The van der Waals surface area contributed by atoms with Gasteiger partial charge in [0.2, 0.25) is 0 Å². The zero-order chi connectivity index (χ0) is 9.68. The van der Waals surface area contributed by atoms with Gasteiger partial charge in [-0.25, -0.2) is 5.11 Å². The molecule has 70 valence electrons. The third-order valence-corrected chi connectivity index (χ3v) is 2.25. The molecule has 0 spiro atoms. The minimum Gasteiger partial charge on any atom is -0.232 e. The summed E-state index contributed by atoms with van der Waals surface area (Å²) >= 11 is 0. The minimum absolute atomic E-state index is 0.154. The normalized spacial score (nSPS) is 10.4. The van der Waals surface area contributed by atoms with E-state index >= 15 is 0 Å². The molecule has 1 heteroatoms. The largest absolute Gasteiger partial charge is 0.232 e. The van der Waals surface area contributed by atoms with Gasteiger partial charge in [-0.2, -0.15) is 0 Å². The zero-order valence-electron chi connectivity index (χ0n) is 8.18. The van der Waals surface area contributed by atoms with Gasteiger partial charge in [-0.3, -0.25) is 0 Å². The maximum atomic E-state index is 10.7. The first kappa shape index (κ1) is 10.3. The molecular weight excluding hydrogens is 160 g/mol. The van der Waals surface area contributed by atoms with Crippen LogP contribution in [0, 0.1) is 6.92 Å². The van der Waals surface area contributed by atoms with Gasteiger partial charge in [-0.15, -0.1) is 0 Å². The first-order valence-corrected chi connectivity index (χ1v) is 4.79. The van der Waals surface area contributed by atoms with Crippen LogP contribution in [0.1, 0.15) is 36.5 Å². The van der Waals surface area contributed by atoms with Gasteiger partial charge in [0.15, 0.2) is 0 Å². The number of rotatable bonds is 4. The summed E-state index contributed by atoms with van der Waals surface area (Å²) in [5.74, 6) is 0. The van der Waals surface area contributed by atoms with E-state index in [-0.39, 0.29) is 6.61 Å². The summed E-state index contributed by atoms with van der Waals surface area (Å²) < 4.78 is 0. The lowest BCUT2D eigenvalue weighted by atomic mass is 10.0. The molecule has 0 aliphatic carbocycles. The molecule has 0 saturated carbocycles. The molecule has 1 aromatic rings. The Balaban J connectivity index is 2.74. The lowest BCUT2D eigenvalue weighted by Gasteiger charge is -2.05. The molecule has 0 fully saturated rings. The van der Waals surface area contributed by atoms with Crippen LogP contribution in [0.15, 0.2) is 18.2 Å². The molecule has 2 radical (unpaired) electrons. The molecule has 1 aromatic carbocycles. The van der Waals surface area contributed by atoms with Gasteiger partial charge in [-0.05, 0) is 36.5 Å². The Morgan fingerprint density at radius 2 is 2.15 bits per heavy atom. The van der Waals surface area contributed by atoms with Crippen LogP contribution in [-0.4, -0.2) is 0 Å². The van der Waals surface area contributed by atoms with Crippen LogP contribution >= 0.6 is 0 Å². The van der Waals surface area contributed by atoms with Crippen molar-refractivity contribution in [2.24, 2.45) is 0 Å². The van der Waals surface area contributed by atoms with Crippen LogP contribution in [0.3, 0.4) is 0 Å². The van der Waals surface area contributed by atoms with Crippen molar-refractivity contribution >= 4 is 0 Å². The predicted molar refractivity (Wildman–Crippen MR) is 53.9 cm³/mol. The summed E-state index contributed by atoms with van der Waals surface area (Å²) in [4.78, 5) is 0. The average Bonchev–Trinajstić information content (AvgIpc) is 2.16. The summed E-state index contributed by atoms with van der Waals surface area (Å²) in [6.07, 6.45) is 3.46. The second-order valence-electron chi connectivity index (χ2n) is 3.35. The quantitative estimate of drug-likeness (QED) is 0.671. The van der Waals surface area contributed by atoms with E-state index in [1.807, 2.05) is 12.1 Å². The second-order valence-corrected chi connectivity index (χ2v) is 3.35. The maximum Gasteiger partial charge on any atom is 0.108 e. The summed E-state index contributed by atoms with van der Waals surface area (Å²) in [7, 11) is 0. The third-order valence-electron chi connectivity index (χ3n) is 2.25. The van der Waals surface area contributed by atoms with E-state index in [1.165, 1.54) is 18.4 Å².